The topological polar surface area (TPSA) is 20.3 Å². The molecule has 0 heterocycles. The predicted octanol–water partition coefficient (Wildman–Crippen LogP) is 3.24. The molecule has 0 saturated heterocycles. The lowest BCUT2D eigenvalue weighted by molar-refractivity contribution is -0.130. The number of carbonyl (C=O) groups excluding carboxylic acids is 1. The molecule has 0 aliphatic heterocycles. The van der Waals surface area contributed by atoms with Crippen LogP contribution in [-0.4, -0.2) is 29.8 Å². The van der Waals surface area contributed by atoms with Gasteiger partial charge in [-0.2, -0.15) is 0 Å². The first kappa shape index (κ1) is 15.0. The minimum Gasteiger partial charge on any atom is -0.341 e. The van der Waals surface area contributed by atoms with Crippen molar-refractivity contribution in [1.29, 1.82) is 0 Å². The Hall–Kier alpha value is -1.09. The fraction of sp³-hybridized carbons (Fsp3) is 0.500. The summed E-state index contributed by atoms with van der Waals surface area (Å²) in [5, 5.41) is 0. The van der Waals surface area contributed by atoms with Gasteiger partial charge in [0.05, 0.1) is 6.42 Å². The molecular formula is C14H19ClFNO. The fourth-order valence-electron chi connectivity index (χ4n) is 1.70. The van der Waals surface area contributed by atoms with Gasteiger partial charge in [0, 0.05) is 19.0 Å². The van der Waals surface area contributed by atoms with Crippen LogP contribution in [0.3, 0.4) is 0 Å². The standard InChI is InChI=1S/C14H19ClFNO/c1-2-3-9-17(10-8-15)14(18)11-12-4-6-13(16)7-5-12/h4-7H,2-3,8-11H2,1H3. The van der Waals surface area contributed by atoms with E-state index in [1.165, 1.54) is 12.1 Å². The van der Waals surface area contributed by atoms with Gasteiger partial charge in [0.15, 0.2) is 0 Å². The van der Waals surface area contributed by atoms with E-state index in [9.17, 15) is 9.18 Å². The van der Waals surface area contributed by atoms with Crippen LogP contribution >= 0.6 is 11.6 Å². The van der Waals surface area contributed by atoms with Crippen molar-refractivity contribution in [1.82, 2.24) is 4.90 Å². The lowest BCUT2D eigenvalue weighted by atomic mass is 10.1. The van der Waals surface area contributed by atoms with Gasteiger partial charge in [-0.05, 0) is 24.1 Å². The van der Waals surface area contributed by atoms with Crippen molar-refractivity contribution in [2.45, 2.75) is 26.2 Å². The number of hydrogen-bond donors (Lipinski definition) is 0. The first-order valence-corrected chi connectivity index (χ1v) is 6.79. The molecule has 0 aromatic heterocycles. The van der Waals surface area contributed by atoms with E-state index in [0.717, 1.165) is 24.9 Å². The van der Waals surface area contributed by atoms with Gasteiger partial charge in [-0.1, -0.05) is 25.5 Å². The Bertz CT molecular complexity index is 367. The number of halogens is 2. The van der Waals surface area contributed by atoms with Crippen LogP contribution in [0, 0.1) is 5.82 Å². The lowest BCUT2D eigenvalue weighted by Crippen LogP contribution is -2.34. The molecule has 0 spiro atoms. The second-order valence-corrected chi connectivity index (χ2v) is 4.60. The molecule has 2 nitrogen and oxygen atoms in total. The van der Waals surface area contributed by atoms with Crippen molar-refractivity contribution in [3.05, 3.63) is 35.6 Å². The van der Waals surface area contributed by atoms with Crippen LogP contribution in [0.15, 0.2) is 24.3 Å². The molecule has 0 saturated carbocycles. The summed E-state index contributed by atoms with van der Waals surface area (Å²) < 4.78 is 12.8. The van der Waals surface area contributed by atoms with Crippen LogP contribution in [0.5, 0.6) is 0 Å². The van der Waals surface area contributed by atoms with E-state index in [-0.39, 0.29) is 11.7 Å². The highest BCUT2D eigenvalue weighted by Crippen LogP contribution is 2.07. The van der Waals surface area contributed by atoms with Gasteiger partial charge in [-0.3, -0.25) is 4.79 Å². The SMILES string of the molecule is CCCCN(CCCl)C(=O)Cc1ccc(F)cc1. The quantitative estimate of drug-likeness (QED) is 0.697. The zero-order chi connectivity index (χ0) is 13.4. The monoisotopic (exact) mass is 271 g/mol. The lowest BCUT2D eigenvalue weighted by Gasteiger charge is -2.21. The van der Waals surface area contributed by atoms with E-state index in [0.29, 0.717) is 18.8 Å². The van der Waals surface area contributed by atoms with Crippen molar-refractivity contribution < 1.29 is 9.18 Å². The third kappa shape index (κ3) is 5.05. The minimum atomic E-state index is -0.283. The average molecular weight is 272 g/mol. The molecule has 0 N–H and O–H groups in total. The molecule has 0 radical (unpaired) electrons. The highest BCUT2D eigenvalue weighted by molar-refractivity contribution is 6.18. The maximum Gasteiger partial charge on any atom is 0.227 e. The van der Waals surface area contributed by atoms with Crippen molar-refractivity contribution in [2.24, 2.45) is 0 Å². The van der Waals surface area contributed by atoms with Gasteiger partial charge < -0.3 is 4.90 Å². The van der Waals surface area contributed by atoms with Gasteiger partial charge in [0.1, 0.15) is 5.82 Å². The summed E-state index contributed by atoms with van der Waals surface area (Å²) in [5.74, 6) is 0.212. The van der Waals surface area contributed by atoms with Crippen LogP contribution in [0.4, 0.5) is 4.39 Å². The van der Waals surface area contributed by atoms with Gasteiger partial charge in [0.2, 0.25) is 5.91 Å². The Labute approximate surface area is 113 Å². The normalized spacial score (nSPS) is 10.4. The van der Waals surface area contributed by atoms with Gasteiger partial charge in [-0.15, -0.1) is 11.6 Å². The minimum absolute atomic E-state index is 0.0516. The summed E-state index contributed by atoms with van der Waals surface area (Å²) in [6.45, 7) is 3.40. The molecule has 0 bridgehead atoms. The Morgan fingerprint density at radius 2 is 1.94 bits per heavy atom. The number of hydrogen-bond acceptors (Lipinski definition) is 1. The Balaban J connectivity index is 2.57. The molecule has 1 aromatic carbocycles. The predicted molar refractivity (Wildman–Crippen MR) is 72.3 cm³/mol. The van der Waals surface area contributed by atoms with Crippen molar-refractivity contribution in [3.63, 3.8) is 0 Å². The summed E-state index contributed by atoms with van der Waals surface area (Å²) in [6.07, 6.45) is 2.33. The van der Waals surface area contributed by atoms with E-state index >= 15 is 0 Å². The van der Waals surface area contributed by atoms with Crippen molar-refractivity contribution in [2.75, 3.05) is 19.0 Å². The second-order valence-electron chi connectivity index (χ2n) is 4.23. The van der Waals surface area contributed by atoms with E-state index in [1.807, 2.05) is 0 Å². The van der Waals surface area contributed by atoms with Gasteiger partial charge in [0.25, 0.3) is 0 Å². The molecule has 0 aliphatic rings. The highest BCUT2D eigenvalue weighted by atomic mass is 35.5. The first-order chi connectivity index (χ1) is 8.67. The molecular weight excluding hydrogens is 253 g/mol. The summed E-state index contributed by atoms with van der Waals surface area (Å²) >= 11 is 5.70. The largest absolute Gasteiger partial charge is 0.341 e. The Kier molecular flexibility index (Phi) is 6.73. The van der Waals surface area contributed by atoms with Gasteiger partial charge in [-0.25, -0.2) is 4.39 Å². The maximum atomic E-state index is 12.8. The molecule has 100 valence electrons. The number of carbonyl (C=O) groups is 1. The van der Waals surface area contributed by atoms with E-state index < -0.39 is 0 Å². The number of nitrogens with zero attached hydrogens (tertiary/aromatic N) is 1. The molecule has 4 heteroatoms. The maximum absolute atomic E-state index is 12.8. The summed E-state index contributed by atoms with van der Waals surface area (Å²) in [4.78, 5) is 13.8. The van der Waals surface area contributed by atoms with Crippen LogP contribution in [0.1, 0.15) is 25.3 Å². The smallest absolute Gasteiger partial charge is 0.227 e. The Morgan fingerprint density at radius 1 is 1.28 bits per heavy atom. The first-order valence-electron chi connectivity index (χ1n) is 6.25. The number of alkyl halides is 1. The molecule has 0 unspecified atom stereocenters. The summed E-state index contributed by atoms with van der Waals surface area (Å²) in [6, 6.07) is 6.04. The third-order valence-electron chi connectivity index (χ3n) is 2.76. The third-order valence-corrected chi connectivity index (χ3v) is 2.93. The molecule has 1 amide bonds. The van der Waals surface area contributed by atoms with Crippen molar-refractivity contribution >= 4 is 17.5 Å². The number of rotatable bonds is 7. The van der Waals surface area contributed by atoms with Crippen molar-refractivity contribution in [3.8, 4) is 0 Å². The molecule has 0 atom stereocenters. The zero-order valence-electron chi connectivity index (χ0n) is 10.7. The fourth-order valence-corrected chi connectivity index (χ4v) is 1.90. The molecule has 0 fully saturated rings. The van der Waals surface area contributed by atoms with Crippen LogP contribution in [-0.2, 0) is 11.2 Å². The highest BCUT2D eigenvalue weighted by Gasteiger charge is 2.12. The molecule has 18 heavy (non-hydrogen) atoms. The van der Waals surface area contributed by atoms with Crippen LogP contribution in [0.25, 0.3) is 0 Å². The number of unbranched alkanes of at least 4 members (excludes halogenated alkanes) is 1. The Morgan fingerprint density at radius 3 is 2.50 bits per heavy atom. The van der Waals surface area contributed by atoms with E-state index in [1.54, 1.807) is 17.0 Å². The average Bonchev–Trinajstić information content (AvgIpc) is 2.37. The number of amides is 1. The number of benzene rings is 1. The molecule has 0 aliphatic carbocycles. The molecule has 1 aromatic rings. The van der Waals surface area contributed by atoms with Gasteiger partial charge >= 0.3 is 0 Å². The van der Waals surface area contributed by atoms with Crippen LogP contribution in [0.2, 0.25) is 0 Å². The summed E-state index contributed by atoms with van der Waals surface area (Å²) in [7, 11) is 0. The second kappa shape index (κ2) is 8.09. The summed E-state index contributed by atoms with van der Waals surface area (Å²) in [5.41, 5.74) is 0.831. The van der Waals surface area contributed by atoms with Crippen LogP contribution < -0.4 is 0 Å². The zero-order valence-corrected chi connectivity index (χ0v) is 11.4. The van der Waals surface area contributed by atoms with E-state index in [4.69, 9.17) is 11.6 Å². The van der Waals surface area contributed by atoms with E-state index in [2.05, 4.69) is 6.92 Å². The molecule has 1 rings (SSSR count).